The van der Waals surface area contributed by atoms with Crippen LogP contribution in [0.2, 0.25) is 0 Å². The third kappa shape index (κ3) is 2.15. The quantitative estimate of drug-likeness (QED) is 0.806. The van der Waals surface area contributed by atoms with E-state index in [9.17, 15) is 5.11 Å². The van der Waals surface area contributed by atoms with Crippen LogP contribution in [0.25, 0.3) is 11.1 Å². The Labute approximate surface area is 89.2 Å². The number of hydrogen-bond acceptors (Lipinski definition) is 2. The first-order chi connectivity index (χ1) is 7.29. The maximum absolute atomic E-state index is 9.31. The van der Waals surface area contributed by atoms with Crippen LogP contribution < -0.4 is 0 Å². The fourth-order valence-corrected chi connectivity index (χ4v) is 1.52. The van der Waals surface area contributed by atoms with E-state index in [1.165, 1.54) is 11.8 Å². The number of aromatic nitrogens is 1. The van der Waals surface area contributed by atoms with Gasteiger partial charge >= 0.3 is 0 Å². The Hall–Kier alpha value is -1.83. The fourth-order valence-electron chi connectivity index (χ4n) is 1.52. The first kappa shape index (κ1) is 9.71. The molecule has 1 aromatic carbocycles. The highest BCUT2D eigenvalue weighted by molar-refractivity contribution is 5.63. The summed E-state index contributed by atoms with van der Waals surface area (Å²) < 4.78 is 0. The second-order valence-electron chi connectivity index (χ2n) is 3.48. The van der Waals surface area contributed by atoms with E-state index in [0.717, 1.165) is 17.5 Å². The topological polar surface area (TPSA) is 33.1 Å². The average Bonchev–Trinajstić information content (AvgIpc) is 2.29. The zero-order chi connectivity index (χ0) is 10.7. The highest BCUT2D eigenvalue weighted by Gasteiger charge is 1.99. The Morgan fingerprint density at radius 2 is 1.80 bits per heavy atom. The van der Waals surface area contributed by atoms with Crippen LogP contribution in [-0.4, -0.2) is 10.1 Å². The van der Waals surface area contributed by atoms with Gasteiger partial charge in [-0.25, -0.2) is 0 Å². The molecular formula is C13H13NO. The van der Waals surface area contributed by atoms with Gasteiger partial charge in [0.25, 0.3) is 0 Å². The predicted octanol–water partition coefficient (Wildman–Crippen LogP) is 3.02. The van der Waals surface area contributed by atoms with Crippen LogP contribution in [0.3, 0.4) is 0 Å². The molecule has 1 aromatic heterocycles. The molecular weight excluding hydrogens is 186 g/mol. The van der Waals surface area contributed by atoms with Crippen molar-refractivity contribution in [2.24, 2.45) is 0 Å². The second-order valence-corrected chi connectivity index (χ2v) is 3.48. The molecule has 0 saturated carbocycles. The highest BCUT2D eigenvalue weighted by Crippen LogP contribution is 2.22. The summed E-state index contributed by atoms with van der Waals surface area (Å²) >= 11 is 0. The summed E-state index contributed by atoms with van der Waals surface area (Å²) in [6.45, 7) is 2.13. The van der Waals surface area contributed by atoms with Gasteiger partial charge in [-0.05, 0) is 23.6 Å². The van der Waals surface area contributed by atoms with Gasteiger partial charge in [0, 0.05) is 11.8 Å². The monoisotopic (exact) mass is 199 g/mol. The molecule has 0 amide bonds. The van der Waals surface area contributed by atoms with Gasteiger partial charge in [0.15, 0.2) is 0 Å². The minimum Gasteiger partial charge on any atom is -0.506 e. The van der Waals surface area contributed by atoms with E-state index in [1.807, 2.05) is 0 Å². The first-order valence-corrected chi connectivity index (χ1v) is 5.03. The molecule has 1 heterocycles. The van der Waals surface area contributed by atoms with Gasteiger partial charge in [-0.1, -0.05) is 31.2 Å². The summed E-state index contributed by atoms with van der Waals surface area (Å²) in [5.74, 6) is 0.201. The smallest absolute Gasteiger partial charge is 0.134 e. The van der Waals surface area contributed by atoms with Gasteiger partial charge in [0.2, 0.25) is 0 Å². The normalized spacial score (nSPS) is 10.2. The number of benzene rings is 1. The Morgan fingerprint density at radius 1 is 1.07 bits per heavy atom. The molecule has 0 bridgehead atoms. The SMILES string of the molecule is CCc1ccc(-c2cncc(O)c2)cc1. The lowest BCUT2D eigenvalue weighted by Crippen LogP contribution is -1.82. The molecule has 1 N–H and O–H groups in total. The number of nitrogens with zero attached hydrogens (tertiary/aromatic N) is 1. The van der Waals surface area contributed by atoms with Gasteiger partial charge in [-0.2, -0.15) is 0 Å². The minimum absolute atomic E-state index is 0.201. The second kappa shape index (κ2) is 4.13. The van der Waals surface area contributed by atoms with Crippen LogP contribution in [-0.2, 0) is 6.42 Å². The van der Waals surface area contributed by atoms with E-state index in [4.69, 9.17) is 0 Å². The molecule has 0 fully saturated rings. The van der Waals surface area contributed by atoms with Crippen molar-refractivity contribution in [3.63, 3.8) is 0 Å². The van der Waals surface area contributed by atoms with E-state index >= 15 is 0 Å². The molecule has 2 aromatic rings. The number of rotatable bonds is 2. The van der Waals surface area contributed by atoms with Crippen molar-refractivity contribution in [2.45, 2.75) is 13.3 Å². The standard InChI is InChI=1S/C13H13NO/c1-2-10-3-5-11(6-4-10)12-7-13(15)9-14-8-12/h3-9,15H,2H2,1H3. The Bertz CT molecular complexity index is 448. The van der Waals surface area contributed by atoms with E-state index in [1.54, 1.807) is 12.3 Å². The van der Waals surface area contributed by atoms with Gasteiger partial charge in [0.1, 0.15) is 5.75 Å². The van der Waals surface area contributed by atoms with Crippen LogP contribution in [0.1, 0.15) is 12.5 Å². The van der Waals surface area contributed by atoms with Crippen LogP contribution in [0.4, 0.5) is 0 Å². The maximum Gasteiger partial charge on any atom is 0.134 e. The summed E-state index contributed by atoms with van der Waals surface area (Å²) in [5, 5.41) is 9.31. The van der Waals surface area contributed by atoms with Gasteiger partial charge in [0.05, 0.1) is 6.20 Å². The summed E-state index contributed by atoms with van der Waals surface area (Å²) in [5.41, 5.74) is 3.33. The molecule has 0 aliphatic heterocycles. The molecule has 2 rings (SSSR count). The first-order valence-electron chi connectivity index (χ1n) is 5.03. The lowest BCUT2D eigenvalue weighted by atomic mass is 10.0. The number of pyridine rings is 1. The zero-order valence-corrected chi connectivity index (χ0v) is 8.64. The number of hydrogen-bond donors (Lipinski definition) is 1. The van der Waals surface area contributed by atoms with Crippen LogP contribution in [0, 0.1) is 0 Å². The molecule has 0 atom stereocenters. The minimum atomic E-state index is 0.201. The van der Waals surface area contributed by atoms with Crippen molar-refractivity contribution in [1.82, 2.24) is 4.98 Å². The molecule has 0 spiro atoms. The van der Waals surface area contributed by atoms with Gasteiger partial charge in [-0.15, -0.1) is 0 Å². The van der Waals surface area contributed by atoms with Crippen molar-refractivity contribution in [1.29, 1.82) is 0 Å². The molecule has 0 radical (unpaired) electrons. The zero-order valence-electron chi connectivity index (χ0n) is 8.64. The largest absolute Gasteiger partial charge is 0.506 e. The fraction of sp³-hybridized carbons (Fsp3) is 0.154. The van der Waals surface area contributed by atoms with Crippen molar-refractivity contribution >= 4 is 0 Å². The van der Waals surface area contributed by atoms with E-state index in [-0.39, 0.29) is 5.75 Å². The molecule has 0 aliphatic rings. The van der Waals surface area contributed by atoms with Crippen molar-refractivity contribution in [3.8, 4) is 16.9 Å². The third-order valence-corrected chi connectivity index (χ3v) is 2.42. The molecule has 2 nitrogen and oxygen atoms in total. The Kier molecular flexibility index (Phi) is 2.68. The Morgan fingerprint density at radius 3 is 2.40 bits per heavy atom. The predicted molar refractivity (Wildman–Crippen MR) is 60.7 cm³/mol. The highest BCUT2D eigenvalue weighted by atomic mass is 16.3. The maximum atomic E-state index is 9.31. The van der Waals surface area contributed by atoms with Crippen LogP contribution in [0.15, 0.2) is 42.7 Å². The van der Waals surface area contributed by atoms with Crippen molar-refractivity contribution < 1.29 is 5.11 Å². The third-order valence-electron chi connectivity index (χ3n) is 2.42. The summed E-state index contributed by atoms with van der Waals surface area (Å²) in [6.07, 6.45) is 4.23. The van der Waals surface area contributed by atoms with E-state index < -0.39 is 0 Å². The average molecular weight is 199 g/mol. The van der Waals surface area contributed by atoms with Gasteiger partial charge in [-0.3, -0.25) is 4.98 Å². The molecule has 2 heteroatoms. The molecule has 0 unspecified atom stereocenters. The molecule has 76 valence electrons. The van der Waals surface area contributed by atoms with E-state index in [0.29, 0.717) is 0 Å². The van der Waals surface area contributed by atoms with Crippen LogP contribution in [0.5, 0.6) is 5.75 Å². The lowest BCUT2D eigenvalue weighted by Gasteiger charge is -2.02. The lowest BCUT2D eigenvalue weighted by molar-refractivity contribution is 0.473. The summed E-state index contributed by atoms with van der Waals surface area (Å²) in [4.78, 5) is 3.95. The summed E-state index contributed by atoms with van der Waals surface area (Å²) in [7, 11) is 0. The van der Waals surface area contributed by atoms with E-state index in [2.05, 4.69) is 36.2 Å². The Balaban J connectivity index is 2.37. The molecule has 0 aliphatic carbocycles. The molecule has 15 heavy (non-hydrogen) atoms. The summed E-state index contributed by atoms with van der Waals surface area (Å²) in [6, 6.07) is 10.0. The number of aromatic hydroxyl groups is 1. The number of aryl methyl sites for hydroxylation is 1. The van der Waals surface area contributed by atoms with Crippen molar-refractivity contribution in [2.75, 3.05) is 0 Å². The van der Waals surface area contributed by atoms with Crippen LogP contribution >= 0.6 is 0 Å². The van der Waals surface area contributed by atoms with Gasteiger partial charge < -0.3 is 5.11 Å². The molecule has 0 saturated heterocycles. The van der Waals surface area contributed by atoms with Crippen molar-refractivity contribution in [3.05, 3.63) is 48.3 Å².